The number of nitrogens with zero attached hydrogens (tertiary/aromatic N) is 1. The van der Waals surface area contributed by atoms with Crippen LogP contribution >= 0.6 is 11.8 Å². The second kappa shape index (κ2) is 7.82. The molecule has 1 aliphatic heterocycles. The van der Waals surface area contributed by atoms with E-state index >= 15 is 0 Å². The van der Waals surface area contributed by atoms with E-state index in [9.17, 15) is 9.59 Å². The van der Waals surface area contributed by atoms with Crippen molar-refractivity contribution in [3.05, 3.63) is 0 Å². The fourth-order valence-electron chi connectivity index (χ4n) is 2.76. The van der Waals surface area contributed by atoms with Crippen molar-refractivity contribution in [2.75, 3.05) is 12.3 Å². The van der Waals surface area contributed by atoms with E-state index in [1.165, 1.54) is 6.42 Å². The third-order valence-corrected chi connectivity index (χ3v) is 4.93. The fourth-order valence-corrected chi connectivity index (χ4v) is 3.50. The molecule has 0 unspecified atom stereocenters. The number of amides is 2. The Hall–Kier alpha value is -1.04. The highest BCUT2D eigenvalue weighted by Gasteiger charge is 2.29. The minimum atomic E-state index is -0.483. The molecule has 21 heavy (non-hydrogen) atoms. The molecule has 0 aromatic heterocycles. The van der Waals surface area contributed by atoms with E-state index in [-0.39, 0.29) is 23.7 Å². The smallest absolute Gasteiger partial charge is 0.248 e. The van der Waals surface area contributed by atoms with E-state index in [4.69, 9.17) is 0 Å². The lowest BCUT2D eigenvalue weighted by Crippen LogP contribution is -2.52. The van der Waals surface area contributed by atoms with Gasteiger partial charge in [-0.3, -0.25) is 14.6 Å². The first-order chi connectivity index (χ1) is 10.1. The van der Waals surface area contributed by atoms with Crippen LogP contribution in [-0.2, 0) is 9.59 Å². The van der Waals surface area contributed by atoms with Gasteiger partial charge >= 0.3 is 0 Å². The molecule has 2 aliphatic rings. The van der Waals surface area contributed by atoms with E-state index in [1.807, 2.05) is 13.8 Å². The molecule has 2 N–H and O–H groups in total. The van der Waals surface area contributed by atoms with Crippen molar-refractivity contribution in [1.82, 2.24) is 10.6 Å². The molecule has 1 heterocycles. The van der Waals surface area contributed by atoms with E-state index in [2.05, 4.69) is 15.6 Å². The van der Waals surface area contributed by atoms with Crippen molar-refractivity contribution in [1.29, 1.82) is 0 Å². The highest BCUT2D eigenvalue weighted by molar-refractivity contribution is 8.14. The van der Waals surface area contributed by atoms with Crippen LogP contribution in [0.3, 0.4) is 0 Å². The predicted octanol–water partition coefficient (Wildman–Crippen LogP) is 1.93. The average molecular weight is 311 g/mol. The molecule has 0 bridgehead atoms. The van der Waals surface area contributed by atoms with E-state index in [1.54, 1.807) is 11.8 Å². The Morgan fingerprint density at radius 1 is 1.24 bits per heavy atom. The second-order valence-electron chi connectivity index (χ2n) is 6.09. The fraction of sp³-hybridized carbons (Fsp3) is 0.800. The SMILES string of the molecule is CC(C)[C@H](NC(=O)C1CCCCC1)C(=O)NC1=NCCS1. The van der Waals surface area contributed by atoms with Gasteiger partial charge in [-0.25, -0.2) is 0 Å². The lowest BCUT2D eigenvalue weighted by atomic mass is 9.88. The Morgan fingerprint density at radius 3 is 2.52 bits per heavy atom. The number of carbonyl (C=O) groups is 2. The van der Waals surface area contributed by atoms with Gasteiger partial charge in [0.05, 0.1) is 6.54 Å². The number of hydrogen-bond donors (Lipinski definition) is 2. The number of nitrogens with one attached hydrogen (secondary N) is 2. The van der Waals surface area contributed by atoms with Crippen LogP contribution in [0.15, 0.2) is 4.99 Å². The molecule has 1 fully saturated rings. The minimum absolute atomic E-state index is 0.0320. The standard InChI is InChI=1S/C15H25N3O2S/c1-10(2)12(14(20)18-15-16-8-9-21-15)17-13(19)11-6-4-3-5-7-11/h10-12H,3-9H2,1-2H3,(H,17,19)(H,16,18,20)/t12-/m0/s1. The molecule has 6 heteroatoms. The van der Waals surface area contributed by atoms with Crippen LogP contribution in [0.2, 0.25) is 0 Å². The first-order valence-electron chi connectivity index (χ1n) is 7.86. The molecule has 1 aliphatic carbocycles. The average Bonchev–Trinajstić information content (AvgIpc) is 2.97. The largest absolute Gasteiger partial charge is 0.344 e. The molecule has 0 saturated heterocycles. The molecule has 0 aromatic carbocycles. The van der Waals surface area contributed by atoms with Gasteiger partial charge in [0.2, 0.25) is 11.8 Å². The zero-order valence-corrected chi connectivity index (χ0v) is 13.7. The number of rotatable bonds is 4. The van der Waals surface area contributed by atoms with Crippen molar-refractivity contribution >= 4 is 28.7 Å². The molecule has 1 saturated carbocycles. The van der Waals surface area contributed by atoms with Gasteiger partial charge in [0.25, 0.3) is 0 Å². The maximum atomic E-state index is 12.3. The third-order valence-electron chi connectivity index (χ3n) is 4.04. The van der Waals surface area contributed by atoms with Crippen LogP contribution in [0, 0.1) is 11.8 Å². The summed E-state index contributed by atoms with van der Waals surface area (Å²) in [5.74, 6) is 0.929. The minimum Gasteiger partial charge on any atom is -0.344 e. The summed E-state index contributed by atoms with van der Waals surface area (Å²) in [6.07, 6.45) is 5.34. The van der Waals surface area contributed by atoms with Crippen molar-refractivity contribution in [2.45, 2.75) is 52.0 Å². The van der Waals surface area contributed by atoms with Crippen molar-refractivity contribution in [2.24, 2.45) is 16.8 Å². The monoisotopic (exact) mass is 311 g/mol. The molecule has 0 spiro atoms. The van der Waals surface area contributed by atoms with Crippen LogP contribution in [0.25, 0.3) is 0 Å². The number of hydrogen-bond acceptors (Lipinski definition) is 4. The number of aliphatic imine (C=N–C) groups is 1. The van der Waals surface area contributed by atoms with Crippen LogP contribution in [0.5, 0.6) is 0 Å². The maximum absolute atomic E-state index is 12.3. The van der Waals surface area contributed by atoms with E-state index < -0.39 is 6.04 Å². The predicted molar refractivity (Wildman–Crippen MR) is 86.2 cm³/mol. The van der Waals surface area contributed by atoms with Gasteiger partial charge in [0.1, 0.15) is 6.04 Å². The Labute approximate surface area is 130 Å². The summed E-state index contributed by atoms with van der Waals surface area (Å²) >= 11 is 1.55. The Morgan fingerprint density at radius 2 is 1.95 bits per heavy atom. The van der Waals surface area contributed by atoms with Gasteiger partial charge in [-0.2, -0.15) is 0 Å². The molecule has 2 amide bonds. The molecular formula is C15H25N3O2S. The maximum Gasteiger partial charge on any atom is 0.248 e. The molecular weight excluding hydrogens is 286 g/mol. The highest BCUT2D eigenvalue weighted by Crippen LogP contribution is 2.24. The molecule has 118 valence electrons. The summed E-state index contributed by atoms with van der Waals surface area (Å²) in [7, 11) is 0. The first-order valence-corrected chi connectivity index (χ1v) is 8.85. The summed E-state index contributed by atoms with van der Waals surface area (Å²) in [4.78, 5) is 28.9. The summed E-state index contributed by atoms with van der Waals surface area (Å²) in [6, 6.07) is -0.483. The topological polar surface area (TPSA) is 70.6 Å². The molecule has 0 radical (unpaired) electrons. The molecule has 2 rings (SSSR count). The van der Waals surface area contributed by atoms with Gasteiger partial charge in [-0.05, 0) is 18.8 Å². The lowest BCUT2D eigenvalue weighted by molar-refractivity contribution is -0.132. The van der Waals surface area contributed by atoms with Gasteiger partial charge in [0.15, 0.2) is 5.17 Å². The van der Waals surface area contributed by atoms with Crippen LogP contribution in [-0.4, -0.2) is 35.3 Å². The Balaban J connectivity index is 1.91. The summed E-state index contributed by atoms with van der Waals surface area (Å²) < 4.78 is 0. The normalized spacial score (nSPS) is 21.0. The van der Waals surface area contributed by atoms with Crippen molar-refractivity contribution in [3.8, 4) is 0 Å². The third kappa shape index (κ3) is 4.73. The zero-order valence-electron chi connectivity index (χ0n) is 12.9. The Kier molecular flexibility index (Phi) is 6.08. The highest BCUT2D eigenvalue weighted by atomic mass is 32.2. The molecule has 0 aromatic rings. The first kappa shape index (κ1) is 16.3. The van der Waals surface area contributed by atoms with Gasteiger partial charge in [-0.15, -0.1) is 0 Å². The van der Waals surface area contributed by atoms with Crippen LogP contribution in [0.4, 0.5) is 0 Å². The number of thioether (sulfide) groups is 1. The molecule has 5 nitrogen and oxygen atoms in total. The van der Waals surface area contributed by atoms with Crippen LogP contribution < -0.4 is 10.6 Å². The summed E-state index contributed by atoms with van der Waals surface area (Å²) in [6.45, 7) is 4.66. The summed E-state index contributed by atoms with van der Waals surface area (Å²) in [5.41, 5.74) is 0. The molecule has 1 atom stereocenters. The quantitative estimate of drug-likeness (QED) is 0.833. The second-order valence-corrected chi connectivity index (χ2v) is 7.17. The van der Waals surface area contributed by atoms with Crippen molar-refractivity contribution < 1.29 is 9.59 Å². The van der Waals surface area contributed by atoms with Gasteiger partial charge in [-0.1, -0.05) is 44.9 Å². The van der Waals surface area contributed by atoms with E-state index in [0.29, 0.717) is 5.17 Å². The number of amidine groups is 1. The lowest BCUT2D eigenvalue weighted by Gasteiger charge is -2.26. The van der Waals surface area contributed by atoms with E-state index in [0.717, 1.165) is 38.0 Å². The van der Waals surface area contributed by atoms with Gasteiger partial charge in [0, 0.05) is 11.7 Å². The van der Waals surface area contributed by atoms with Crippen LogP contribution in [0.1, 0.15) is 46.0 Å². The number of carbonyl (C=O) groups excluding carboxylic acids is 2. The van der Waals surface area contributed by atoms with Gasteiger partial charge < -0.3 is 10.6 Å². The van der Waals surface area contributed by atoms with Crippen molar-refractivity contribution in [3.63, 3.8) is 0 Å². The summed E-state index contributed by atoms with van der Waals surface area (Å²) in [5, 5.41) is 6.45. The zero-order chi connectivity index (χ0) is 15.2. The Bertz CT molecular complexity index is 417.